The van der Waals surface area contributed by atoms with E-state index in [9.17, 15) is 18.0 Å². The fourth-order valence-electron chi connectivity index (χ4n) is 5.33. The van der Waals surface area contributed by atoms with Gasteiger partial charge in [-0.25, -0.2) is 18.2 Å². The van der Waals surface area contributed by atoms with Gasteiger partial charge in [-0.3, -0.25) is 9.78 Å². The maximum atomic E-state index is 14.4. The lowest BCUT2D eigenvalue weighted by atomic mass is 9.76. The Labute approximate surface area is 240 Å². The molecule has 3 unspecified atom stereocenters. The summed E-state index contributed by atoms with van der Waals surface area (Å²) in [4.78, 5) is 18.7. The van der Waals surface area contributed by atoms with E-state index in [-0.39, 0.29) is 35.7 Å². The van der Waals surface area contributed by atoms with Crippen LogP contribution in [0, 0.1) is 24.5 Å². The first-order chi connectivity index (χ1) is 19.6. The molecule has 1 saturated carbocycles. The van der Waals surface area contributed by atoms with Gasteiger partial charge in [-0.15, -0.1) is 0 Å². The average Bonchev–Trinajstić information content (AvgIpc) is 2.92. The topological polar surface area (TPSA) is 90.1 Å². The predicted octanol–water partition coefficient (Wildman–Crippen LogP) is 7.11. The predicted molar refractivity (Wildman–Crippen MR) is 157 cm³/mol. The van der Waals surface area contributed by atoms with Crippen molar-refractivity contribution < 1.29 is 22.7 Å². The number of carbonyl (C=O) groups is 1. The third-order valence-corrected chi connectivity index (χ3v) is 7.23. The maximum Gasteiger partial charge on any atom is 0.182 e. The van der Waals surface area contributed by atoms with Crippen molar-refractivity contribution >= 4 is 12.0 Å². The SMILES string of the molecule is CCC.CNc1cnccc1C1CC(C)CC(N)C1.Cc1cc(C2(F)COC2)cc(F)c1-c1nc(C=O)ccc1F. The second-order valence-electron chi connectivity index (χ2n) is 11.0. The van der Waals surface area contributed by atoms with Gasteiger partial charge in [-0.1, -0.05) is 33.3 Å². The summed E-state index contributed by atoms with van der Waals surface area (Å²) in [5, 5.41) is 3.22. The van der Waals surface area contributed by atoms with E-state index in [4.69, 9.17) is 10.5 Å². The number of nitrogens with two attached hydrogens (primary N) is 1. The number of rotatable bonds is 5. The molecule has 41 heavy (non-hydrogen) atoms. The summed E-state index contributed by atoms with van der Waals surface area (Å²) in [5.74, 6) is -0.216. The monoisotopic (exact) mass is 570 g/mol. The first-order valence-electron chi connectivity index (χ1n) is 14.1. The number of hydrogen-bond acceptors (Lipinski definition) is 6. The Balaban J connectivity index is 0.000000215. The van der Waals surface area contributed by atoms with Gasteiger partial charge in [0.05, 0.1) is 25.1 Å². The molecule has 0 spiro atoms. The Morgan fingerprint density at radius 3 is 2.39 bits per heavy atom. The van der Waals surface area contributed by atoms with Crippen LogP contribution in [0.15, 0.2) is 42.7 Å². The van der Waals surface area contributed by atoms with E-state index in [0.29, 0.717) is 23.8 Å². The Bertz CT molecular complexity index is 1280. The number of nitrogens with zero attached hydrogens (tertiary/aromatic N) is 2. The van der Waals surface area contributed by atoms with Crippen molar-refractivity contribution in [2.24, 2.45) is 11.7 Å². The van der Waals surface area contributed by atoms with Crippen molar-refractivity contribution in [2.45, 2.75) is 71.0 Å². The zero-order valence-electron chi connectivity index (χ0n) is 24.5. The number of alkyl halides is 1. The Morgan fingerprint density at radius 2 is 1.83 bits per heavy atom. The number of benzene rings is 1. The molecule has 1 saturated heterocycles. The summed E-state index contributed by atoms with van der Waals surface area (Å²) in [7, 11) is 1.95. The summed E-state index contributed by atoms with van der Waals surface area (Å²) >= 11 is 0. The zero-order chi connectivity index (χ0) is 30.2. The smallest absolute Gasteiger partial charge is 0.182 e. The number of ether oxygens (including phenoxy) is 1. The fourth-order valence-corrected chi connectivity index (χ4v) is 5.33. The number of aromatic nitrogens is 2. The van der Waals surface area contributed by atoms with Gasteiger partial charge in [0, 0.05) is 24.8 Å². The van der Waals surface area contributed by atoms with Crippen LogP contribution in [0.25, 0.3) is 11.3 Å². The molecule has 2 aromatic heterocycles. The molecule has 0 radical (unpaired) electrons. The highest BCUT2D eigenvalue weighted by molar-refractivity contribution is 5.75. The lowest BCUT2D eigenvalue weighted by Gasteiger charge is -2.34. The van der Waals surface area contributed by atoms with Crippen molar-refractivity contribution in [3.05, 3.63) is 76.7 Å². The van der Waals surface area contributed by atoms with E-state index >= 15 is 0 Å². The number of pyridine rings is 2. The van der Waals surface area contributed by atoms with Crippen molar-refractivity contribution in [3.8, 4) is 11.3 Å². The highest BCUT2D eigenvalue weighted by atomic mass is 19.1. The number of halogens is 3. The van der Waals surface area contributed by atoms with E-state index in [0.717, 1.165) is 36.6 Å². The van der Waals surface area contributed by atoms with Gasteiger partial charge >= 0.3 is 0 Å². The summed E-state index contributed by atoms with van der Waals surface area (Å²) in [6, 6.07) is 7.22. The van der Waals surface area contributed by atoms with Crippen LogP contribution in [0.2, 0.25) is 0 Å². The first-order valence-corrected chi connectivity index (χ1v) is 14.1. The standard InChI is InChI=1S/C16H12F3NO2.C13H21N3.C3H8/c1-9-4-10(16(19)7-22-8-16)5-13(18)14(9)15-12(17)3-2-11(6-21)20-15;1-9-5-10(7-11(14)6-9)12-3-4-16-8-13(12)15-2;1-3-2/h2-6H,7-8H2,1H3;3-4,8-11,15H,5-7,14H2,1-2H3;3H2,1-2H3. The highest BCUT2D eigenvalue weighted by Crippen LogP contribution is 2.39. The molecule has 9 heteroatoms. The fraction of sp³-hybridized carbons (Fsp3) is 0.469. The third-order valence-electron chi connectivity index (χ3n) is 7.23. The summed E-state index contributed by atoms with van der Waals surface area (Å²) in [6.07, 6.45) is 8.99. The van der Waals surface area contributed by atoms with Gasteiger partial charge in [0.1, 0.15) is 23.0 Å². The number of aryl methyl sites for hydroxylation is 1. The quantitative estimate of drug-likeness (QED) is 0.318. The maximum absolute atomic E-state index is 14.4. The third kappa shape index (κ3) is 7.92. The van der Waals surface area contributed by atoms with E-state index in [1.807, 2.05) is 19.4 Å². The van der Waals surface area contributed by atoms with Crippen LogP contribution in [0.3, 0.4) is 0 Å². The lowest BCUT2D eigenvalue weighted by molar-refractivity contribution is -0.135. The molecule has 1 aliphatic carbocycles. The van der Waals surface area contributed by atoms with Gasteiger partial charge in [0.2, 0.25) is 0 Å². The van der Waals surface area contributed by atoms with Crippen LogP contribution in [-0.2, 0) is 10.4 Å². The molecule has 3 aromatic rings. The highest BCUT2D eigenvalue weighted by Gasteiger charge is 2.41. The molecular formula is C32H41F3N4O2. The van der Waals surface area contributed by atoms with Crippen LogP contribution in [0.1, 0.15) is 79.6 Å². The van der Waals surface area contributed by atoms with Gasteiger partial charge in [0.25, 0.3) is 0 Å². The minimum Gasteiger partial charge on any atom is -0.387 e. The molecule has 5 rings (SSSR count). The zero-order valence-corrected chi connectivity index (χ0v) is 24.5. The molecule has 2 fully saturated rings. The average molecular weight is 571 g/mol. The Morgan fingerprint density at radius 1 is 1.12 bits per heavy atom. The number of carbonyl (C=O) groups excluding carboxylic acids is 1. The van der Waals surface area contributed by atoms with Crippen LogP contribution in [0.4, 0.5) is 18.9 Å². The van der Waals surface area contributed by atoms with Gasteiger partial charge < -0.3 is 15.8 Å². The molecule has 0 amide bonds. The van der Waals surface area contributed by atoms with Crippen molar-refractivity contribution in [1.29, 1.82) is 0 Å². The first kappa shape index (κ1) is 32.2. The van der Waals surface area contributed by atoms with E-state index in [2.05, 4.69) is 42.1 Å². The largest absolute Gasteiger partial charge is 0.387 e. The van der Waals surface area contributed by atoms with Gasteiger partial charge in [0.15, 0.2) is 12.0 Å². The molecule has 3 N–H and O–H groups in total. The van der Waals surface area contributed by atoms with Crippen LogP contribution in [-0.4, -0.2) is 42.6 Å². The van der Waals surface area contributed by atoms with Crippen LogP contribution >= 0.6 is 0 Å². The Kier molecular flexibility index (Phi) is 11.4. The van der Waals surface area contributed by atoms with E-state index in [1.54, 1.807) is 6.92 Å². The minimum absolute atomic E-state index is 0.00590. The number of anilines is 1. The summed E-state index contributed by atoms with van der Waals surface area (Å²) in [6.45, 7) is 7.84. The minimum atomic E-state index is -1.71. The normalized spacial score (nSPS) is 20.9. The van der Waals surface area contributed by atoms with Gasteiger partial charge in [-0.2, -0.15) is 0 Å². The molecule has 6 nitrogen and oxygen atoms in total. The van der Waals surface area contributed by atoms with Gasteiger partial charge in [-0.05, 0) is 79.0 Å². The molecule has 1 aliphatic heterocycles. The summed E-state index contributed by atoms with van der Waals surface area (Å²) in [5.41, 5.74) is 7.08. The number of aldehydes is 1. The molecule has 2 aliphatic rings. The van der Waals surface area contributed by atoms with E-state index < -0.39 is 17.3 Å². The molecule has 0 bridgehead atoms. The van der Waals surface area contributed by atoms with Crippen molar-refractivity contribution in [2.75, 3.05) is 25.6 Å². The van der Waals surface area contributed by atoms with Crippen molar-refractivity contribution in [3.63, 3.8) is 0 Å². The molecule has 1 aromatic carbocycles. The number of hydrogen-bond donors (Lipinski definition) is 2. The molecule has 222 valence electrons. The second kappa shape index (κ2) is 14.5. The van der Waals surface area contributed by atoms with Crippen molar-refractivity contribution in [1.82, 2.24) is 9.97 Å². The second-order valence-corrected chi connectivity index (χ2v) is 11.0. The van der Waals surface area contributed by atoms with E-state index in [1.165, 1.54) is 30.5 Å². The van der Waals surface area contributed by atoms with Crippen LogP contribution < -0.4 is 11.1 Å². The molecular weight excluding hydrogens is 529 g/mol. The molecule has 3 heterocycles. The summed E-state index contributed by atoms with van der Waals surface area (Å²) < 4.78 is 47.5. The number of nitrogens with one attached hydrogen (secondary N) is 1. The molecule has 3 atom stereocenters. The van der Waals surface area contributed by atoms with Crippen LogP contribution in [0.5, 0.6) is 0 Å². The lowest BCUT2D eigenvalue weighted by Crippen LogP contribution is -2.42. The Hall–Kier alpha value is -3.30.